The van der Waals surface area contributed by atoms with E-state index in [1.54, 1.807) is 0 Å². The summed E-state index contributed by atoms with van der Waals surface area (Å²) in [6.45, 7) is 6.04. The van der Waals surface area contributed by atoms with Crippen LogP contribution in [0, 0.1) is 5.21 Å². The minimum absolute atomic E-state index is 0. The van der Waals surface area contributed by atoms with Crippen LogP contribution < -0.4 is 0 Å². The summed E-state index contributed by atoms with van der Waals surface area (Å²) >= 11 is 0. The van der Waals surface area contributed by atoms with Gasteiger partial charge in [-0.25, -0.2) is 0 Å². The first-order valence-corrected chi connectivity index (χ1v) is 5.09. The van der Waals surface area contributed by atoms with Crippen LogP contribution in [0.3, 0.4) is 0 Å². The van der Waals surface area contributed by atoms with Crippen molar-refractivity contribution in [1.29, 1.82) is 0 Å². The zero-order valence-electron chi connectivity index (χ0n) is 9.79. The predicted octanol–water partition coefficient (Wildman–Crippen LogP) is 1.91. The molecule has 0 aliphatic heterocycles. The zero-order chi connectivity index (χ0) is 12.2. The number of benzene rings is 1. The van der Waals surface area contributed by atoms with Crippen molar-refractivity contribution in [2.45, 2.75) is 32.9 Å². The monoisotopic (exact) mass is 247 g/mol. The molecule has 0 aromatic heterocycles. The van der Waals surface area contributed by atoms with Gasteiger partial charge < -0.3 is 10.4 Å². The molecular formula is C11H18N3NaO2. The Labute approximate surface area is 124 Å². The molecule has 90 valence electrons. The molecule has 6 heteroatoms. The number of hydrogen-bond donors (Lipinski definition) is 1. The second-order valence-corrected chi connectivity index (χ2v) is 4.56. The number of rotatable bonds is 3. The summed E-state index contributed by atoms with van der Waals surface area (Å²) in [6.07, 6.45) is 0. The second kappa shape index (κ2) is 6.83. The summed E-state index contributed by atoms with van der Waals surface area (Å²) in [5.41, 5.74) is 0.575. The van der Waals surface area contributed by atoms with Crippen molar-refractivity contribution in [3.05, 3.63) is 41.1 Å². The van der Waals surface area contributed by atoms with Gasteiger partial charge in [0.05, 0.1) is 10.5 Å². The fourth-order valence-electron chi connectivity index (χ4n) is 1.36. The third kappa shape index (κ3) is 4.93. The number of nitrogens with zero attached hydrogens (tertiary/aromatic N) is 3. The summed E-state index contributed by atoms with van der Waals surface area (Å²) < 4.78 is 0. The Morgan fingerprint density at radius 1 is 1.29 bits per heavy atom. The van der Waals surface area contributed by atoms with Crippen molar-refractivity contribution >= 4 is 29.6 Å². The molecule has 0 saturated heterocycles. The molecule has 0 spiro atoms. The fourth-order valence-corrected chi connectivity index (χ4v) is 1.36. The molecule has 0 aliphatic rings. The molecule has 0 saturated carbocycles. The van der Waals surface area contributed by atoms with Crippen LogP contribution in [0.1, 0.15) is 26.3 Å². The van der Waals surface area contributed by atoms with Gasteiger partial charge in [0.15, 0.2) is 0 Å². The molecule has 0 fully saturated rings. The molecule has 0 aliphatic carbocycles. The van der Waals surface area contributed by atoms with Gasteiger partial charge in [-0.1, -0.05) is 30.3 Å². The van der Waals surface area contributed by atoms with Crippen LogP contribution >= 0.6 is 0 Å². The van der Waals surface area contributed by atoms with Gasteiger partial charge in [-0.3, -0.25) is 0 Å². The van der Waals surface area contributed by atoms with Crippen molar-refractivity contribution in [1.82, 2.24) is 5.01 Å². The molecule has 0 heterocycles. The van der Waals surface area contributed by atoms with Crippen LogP contribution in [-0.2, 0) is 6.54 Å². The first kappa shape index (κ1) is 16.2. The number of hydrogen-bond acceptors (Lipinski definition) is 2. The summed E-state index contributed by atoms with van der Waals surface area (Å²) in [4.78, 5) is 0.215. The summed E-state index contributed by atoms with van der Waals surface area (Å²) in [5.74, 6) is 0. The molecule has 5 nitrogen and oxygen atoms in total. The van der Waals surface area contributed by atoms with Crippen LogP contribution in [0.25, 0.3) is 0 Å². The van der Waals surface area contributed by atoms with Gasteiger partial charge in [0.1, 0.15) is 6.54 Å². The maximum atomic E-state index is 11.4. The summed E-state index contributed by atoms with van der Waals surface area (Å²) in [7, 11) is 0. The molecule has 1 rings (SSSR count). The standard InChI is InChI=1S/C11H17N3O2.Na.H/c1-11(2,3)13(14(16)12-15)9-10-7-5-4-6-8-10;;/h4-8,15H,9H2,1-3H3;;. The van der Waals surface area contributed by atoms with Crippen molar-refractivity contribution in [3.63, 3.8) is 0 Å². The topological polar surface area (TPSA) is 61.9 Å². The average Bonchev–Trinajstić information content (AvgIpc) is 2.25. The van der Waals surface area contributed by atoms with E-state index in [9.17, 15) is 5.21 Å². The Kier molecular flexibility index (Phi) is 6.52. The molecule has 1 aromatic rings. The normalized spacial score (nSPS) is 11.8. The Hall–Kier alpha value is -0.780. The van der Waals surface area contributed by atoms with E-state index < -0.39 is 5.54 Å². The van der Waals surface area contributed by atoms with Crippen molar-refractivity contribution < 1.29 is 10.2 Å². The SMILES string of the molecule is CC(C)(C)N(Cc1ccccc1)[N+]([O-])=NO.[NaH]. The van der Waals surface area contributed by atoms with E-state index in [2.05, 4.69) is 5.28 Å². The maximum absolute atomic E-state index is 11.4. The first-order chi connectivity index (χ1) is 7.45. The molecular weight excluding hydrogens is 229 g/mol. The van der Waals surface area contributed by atoms with E-state index in [4.69, 9.17) is 5.21 Å². The number of hydrazine groups is 1. The fraction of sp³-hybridized carbons (Fsp3) is 0.455. The van der Waals surface area contributed by atoms with E-state index in [-0.39, 0.29) is 34.5 Å². The Morgan fingerprint density at radius 3 is 2.24 bits per heavy atom. The van der Waals surface area contributed by atoms with Gasteiger partial charge in [0.2, 0.25) is 5.28 Å². The third-order valence-corrected chi connectivity index (χ3v) is 2.23. The quantitative estimate of drug-likeness (QED) is 0.384. The second-order valence-electron chi connectivity index (χ2n) is 4.56. The average molecular weight is 247 g/mol. The van der Waals surface area contributed by atoms with Gasteiger partial charge in [-0.05, 0) is 26.3 Å². The molecule has 0 bridgehead atoms. The third-order valence-electron chi connectivity index (χ3n) is 2.23. The van der Waals surface area contributed by atoms with Crippen LogP contribution in [0.4, 0.5) is 0 Å². The predicted molar refractivity (Wildman–Crippen MR) is 66.7 cm³/mol. The van der Waals surface area contributed by atoms with Crippen LogP contribution in [0.5, 0.6) is 0 Å². The van der Waals surface area contributed by atoms with E-state index >= 15 is 0 Å². The molecule has 17 heavy (non-hydrogen) atoms. The molecule has 0 unspecified atom stereocenters. The molecule has 1 aromatic carbocycles. The minimum atomic E-state index is -0.413. The zero-order valence-corrected chi connectivity index (χ0v) is 9.79. The summed E-state index contributed by atoms with van der Waals surface area (Å²) in [6, 6.07) is 9.56. The van der Waals surface area contributed by atoms with Gasteiger partial charge >= 0.3 is 29.6 Å². The van der Waals surface area contributed by atoms with Crippen LogP contribution in [0.15, 0.2) is 35.6 Å². The Bertz CT molecular complexity index is 363. The van der Waals surface area contributed by atoms with Crippen LogP contribution in [0.2, 0.25) is 0 Å². The molecule has 0 atom stereocenters. The van der Waals surface area contributed by atoms with Gasteiger partial charge in [0.25, 0.3) is 0 Å². The van der Waals surface area contributed by atoms with E-state index in [1.165, 1.54) is 5.01 Å². The van der Waals surface area contributed by atoms with Crippen molar-refractivity contribution in [3.8, 4) is 0 Å². The first-order valence-electron chi connectivity index (χ1n) is 5.09. The summed E-state index contributed by atoms with van der Waals surface area (Å²) in [5, 5.41) is 24.0. The molecule has 0 amide bonds. The Morgan fingerprint density at radius 2 is 1.82 bits per heavy atom. The van der Waals surface area contributed by atoms with Gasteiger partial charge in [0, 0.05) is 0 Å². The van der Waals surface area contributed by atoms with Crippen LogP contribution in [-0.4, -0.2) is 50.3 Å². The van der Waals surface area contributed by atoms with E-state index in [0.29, 0.717) is 6.54 Å². The van der Waals surface area contributed by atoms with Gasteiger partial charge in [-0.2, -0.15) is 0 Å². The van der Waals surface area contributed by atoms with Crippen molar-refractivity contribution in [2.75, 3.05) is 0 Å². The Balaban J connectivity index is 0.00000256. The molecule has 1 N–H and O–H groups in total. The molecule has 0 radical (unpaired) electrons. The van der Waals surface area contributed by atoms with E-state index in [0.717, 1.165) is 5.56 Å². The van der Waals surface area contributed by atoms with E-state index in [1.807, 2.05) is 51.1 Å². The van der Waals surface area contributed by atoms with Gasteiger partial charge in [-0.15, -0.1) is 5.01 Å². The van der Waals surface area contributed by atoms with Crippen molar-refractivity contribution in [2.24, 2.45) is 5.28 Å².